The van der Waals surface area contributed by atoms with Gasteiger partial charge >= 0.3 is 0 Å². The molecular weight excluding hydrogens is 433 g/mol. The number of nitrogens with one attached hydrogen (secondary N) is 2. The lowest BCUT2D eigenvalue weighted by atomic mass is 10.0. The number of alkyl halides is 1. The summed E-state index contributed by atoms with van der Waals surface area (Å²) in [6.45, 7) is 4.50. The summed E-state index contributed by atoms with van der Waals surface area (Å²) in [5.41, 5.74) is 3.11. The predicted octanol–water partition coefficient (Wildman–Crippen LogP) is 4.37. The number of rotatable bonds is 12. The van der Waals surface area contributed by atoms with Crippen molar-refractivity contribution in [3.05, 3.63) is 82.2 Å². The third-order valence-electron chi connectivity index (χ3n) is 5.73. The van der Waals surface area contributed by atoms with E-state index in [1.165, 1.54) is 12.3 Å². The van der Waals surface area contributed by atoms with Crippen molar-refractivity contribution in [2.45, 2.75) is 45.7 Å². The Morgan fingerprint density at radius 2 is 1.85 bits per heavy atom. The van der Waals surface area contributed by atoms with Gasteiger partial charge in [-0.2, -0.15) is 0 Å². The zero-order valence-corrected chi connectivity index (χ0v) is 19.6. The van der Waals surface area contributed by atoms with Crippen LogP contribution in [0.1, 0.15) is 60.8 Å². The summed E-state index contributed by atoms with van der Waals surface area (Å²) in [5.74, 6) is -0.304. The molecule has 7 nitrogen and oxygen atoms in total. The van der Waals surface area contributed by atoms with Gasteiger partial charge in [0, 0.05) is 42.7 Å². The van der Waals surface area contributed by atoms with E-state index in [1.54, 1.807) is 35.2 Å². The van der Waals surface area contributed by atoms with Crippen molar-refractivity contribution in [3.8, 4) is 11.3 Å². The maximum atomic E-state index is 12.8. The molecule has 34 heavy (non-hydrogen) atoms. The van der Waals surface area contributed by atoms with Crippen LogP contribution in [0, 0.1) is 5.41 Å². The Morgan fingerprint density at radius 1 is 1.12 bits per heavy atom. The molecule has 8 heteroatoms. The molecule has 3 aromatic rings. The Morgan fingerprint density at radius 3 is 2.53 bits per heavy atom. The van der Waals surface area contributed by atoms with Crippen LogP contribution in [0.3, 0.4) is 0 Å². The monoisotopic (exact) mass is 463 g/mol. The lowest BCUT2D eigenvalue weighted by Gasteiger charge is -2.17. The van der Waals surface area contributed by atoms with Crippen molar-refractivity contribution in [1.82, 2.24) is 19.9 Å². The Labute approximate surface area is 198 Å². The molecule has 0 saturated heterocycles. The summed E-state index contributed by atoms with van der Waals surface area (Å²) in [5, 5.41) is 11.3. The van der Waals surface area contributed by atoms with Gasteiger partial charge in [-0.1, -0.05) is 38.1 Å². The molecule has 0 aliphatic heterocycles. The highest BCUT2D eigenvalue weighted by Crippen LogP contribution is 2.19. The van der Waals surface area contributed by atoms with E-state index in [9.17, 15) is 14.0 Å². The average molecular weight is 464 g/mol. The topological polar surface area (TPSA) is 101 Å². The molecule has 0 saturated carbocycles. The van der Waals surface area contributed by atoms with E-state index in [0.29, 0.717) is 29.9 Å². The van der Waals surface area contributed by atoms with Gasteiger partial charge in [0.1, 0.15) is 12.4 Å². The third-order valence-corrected chi connectivity index (χ3v) is 5.73. The summed E-state index contributed by atoms with van der Waals surface area (Å²) in [6.07, 6.45) is 6.29. The van der Waals surface area contributed by atoms with Crippen LogP contribution in [0.15, 0.2) is 59.8 Å². The second kappa shape index (κ2) is 12.1. The van der Waals surface area contributed by atoms with Gasteiger partial charge in [-0.15, -0.1) is 0 Å². The van der Waals surface area contributed by atoms with E-state index in [1.807, 2.05) is 26.0 Å². The smallest absolute Gasteiger partial charge is 0.250 e. The fourth-order valence-electron chi connectivity index (χ4n) is 3.74. The van der Waals surface area contributed by atoms with Crippen molar-refractivity contribution < 1.29 is 9.18 Å². The van der Waals surface area contributed by atoms with Crippen molar-refractivity contribution in [3.63, 3.8) is 0 Å². The van der Waals surface area contributed by atoms with E-state index in [2.05, 4.69) is 15.3 Å². The van der Waals surface area contributed by atoms with Crippen molar-refractivity contribution >= 4 is 11.5 Å². The Kier molecular flexibility index (Phi) is 8.93. The van der Waals surface area contributed by atoms with Crippen molar-refractivity contribution in [1.29, 1.82) is 5.41 Å². The fourth-order valence-corrected chi connectivity index (χ4v) is 3.74. The number of halogens is 1. The number of hydrogen-bond donors (Lipinski definition) is 2. The first-order valence-corrected chi connectivity index (χ1v) is 11.5. The van der Waals surface area contributed by atoms with Gasteiger partial charge in [0.15, 0.2) is 5.78 Å². The standard InChI is InChI=1S/C26H30FN5O2/c1-3-21(4-2)32-17-20(9-10-26(32)34)23-15-30-16-24(31-23)25(33)13-22(28)19-7-5-18(6-8-19)14-29-12-11-27/h5-10,15-17,21,28-29H,3-4,11-14H2,1-2H3. The van der Waals surface area contributed by atoms with Crippen LogP contribution < -0.4 is 10.9 Å². The lowest BCUT2D eigenvalue weighted by Crippen LogP contribution is -2.23. The number of benzene rings is 1. The summed E-state index contributed by atoms with van der Waals surface area (Å²) in [7, 11) is 0. The highest BCUT2D eigenvalue weighted by Gasteiger charge is 2.15. The van der Waals surface area contributed by atoms with E-state index < -0.39 is 6.67 Å². The normalized spacial score (nSPS) is 11.1. The van der Waals surface area contributed by atoms with Gasteiger partial charge in [-0.25, -0.2) is 9.37 Å². The summed E-state index contributed by atoms with van der Waals surface area (Å²) in [4.78, 5) is 33.8. The van der Waals surface area contributed by atoms with Crippen LogP contribution in [0.25, 0.3) is 11.3 Å². The molecule has 0 unspecified atom stereocenters. The molecule has 0 aliphatic carbocycles. The van der Waals surface area contributed by atoms with Gasteiger partial charge in [0.2, 0.25) is 0 Å². The quantitative estimate of drug-likeness (QED) is 0.236. The second-order valence-electron chi connectivity index (χ2n) is 8.06. The van der Waals surface area contributed by atoms with E-state index in [0.717, 1.165) is 18.4 Å². The molecule has 2 heterocycles. The minimum Gasteiger partial charge on any atom is -0.312 e. The summed E-state index contributed by atoms with van der Waals surface area (Å²) >= 11 is 0. The molecule has 2 N–H and O–H groups in total. The highest BCUT2D eigenvalue weighted by atomic mass is 19.1. The Bertz CT molecular complexity index is 1190. The number of hydrogen-bond acceptors (Lipinski definition) is 6. The van der Waals surface area contributed by atoms with Gasteiger partial charge in [0.25, 0.3) is 5.56 Å². The fraction of sp³-hybridized carbons (Fsp3) is 0.346. The first-order valence-electron chi connectivity index (χ1n) is 11.5. The first kappa shape index (κ1) is 25.1. The van der Waals surface area contributed by atoms with Crippen LogP contribution in [0.5, 0.6) is 0 Å². The van der Waals surface area contributed by atoms with Crippen LogP contribution in [0.2, 0.25) is 0 Å². The number of carbonyl (C=O) groups is 1. The molecule has 0 atom stereocenters. The number of pyridine rings is 1. The number of aromatic nitrogens is 3. The number of nitrogens with zero attached hydrogens (tertiary/aromatic N) is 3. The molecule has 0 amide bonds. The van der Waals surface area contributed by atoms with Gasteiger partial charge < -0.3 is 15.3 Å². The van der Waals surface area contributed by atoms with Crippen LogP contribution in [0.4, 0.5) is 4.39 Å². The molecule has 0 radical (unpaired) electrons. The Balaban J connectivity index is 1.73. The molecular formula is C26H30FN5O2. The predicted molar refractivity (Wildman–Crippen MR) is 131 cm³/mol. The van der Waals surface area contributed by atoms with E-state index in [4.69, 9.17) is 5.41 Å². The summed E-state index contributed by atoms with van der Waals surface area (Å²) < 4.78 is 13.9. The highest BCUT2D eigenvalue weighted by molar-refractivity contribution is 6.14. The molecule has 0 fully saturated rings. The first-order chi connectivity index (χ1) is 16.5. The zero-order valence-electron chi connectivity index (χ0n) is 19.6. The maximum Gasteiger partial charge on any atom is 0.250 e. The molecule has 0 bridgehead atoms. The largest absolute Gasteiger partial charge is 0.312 e. The number of Topliss-reactive ketones (excluding diaryl/α,β-unsaturated/α-hetero) is 1. The van der Waals surface area contributed by atoms with Crippen molar-refractivity contribution in [2.75, 3.05) is 13.2 Å². The lowest BCUT2D eigenvalue weighted by molar-refractivity contribution is 0.0995. The van der Waals surface area contributed by atoms with E-state index >= 15 is 0 Å². The summed E-state index contributed by atoms with van der Waals surface area (Å²) in [6, 6.07) is 10.6. The minimum absolute atomic E-state index is 0.0738. The average Bonchev–Trinajstić information content (AvgIpc) is 2.86. The molecule has 178 valence electrons. The number of carbonyl (C=O) groups excluding carboxylic acids is 1. The molecule has 1 aromatic carbocycles. The Hall–Kier alpha value is -3.52. The minimum atomic E-state index is -0.420. The van der Waals surface area contributed by atoms with E-state index in [-0.39, 0.29) is 35.2 Å². The van der Waals surface area contributed by atoms with Crippen LogP contribution in [-0.2, 0) is 6.54 Å². The molecule has 3 rings (SSSR count). The van der Waals surface area contributed by atoms with Gasteiger partial charge in [0.05, 0.1) is 24.5 Å². The van der Waals surface area contributed by atoms with Gasteiger partial charge in [-0.3, -0.25) is 14.6 Å². The van der Waals surface area contributed by atoms with Crippen LogP contribution >= 0.6 is 0 Å². The third kappa shape index (κ3) is 6.29. The molecule has 0 spiro atoms. The van der Waals surface area contributed by atoms with Gasteiger partial charge in [-0.05, 0) is 30.0 Å². The number of ketones is 1. The second-order valence-corrected chi connectivity index (χ2v) is 8.06. The zero-order chi connectivity index (χ0) is 24.5. The molecule has 2 aromatic heterocycles. The van der Waals surface area contributed by atoms with Crippen LogP contribution in [-0.4, -0.2) is 39.2 Å². The maximum absolute atomic E-state index is 12.8. The molecule has 0 aliphatic rings. The SMILES string of the molecule is CCC(CC)n1cc(-c2cncc(C(=O)CC(=N)c3ccc(CNCCF)cc3)n2)ccc1=O. The van der Waals surface area contributed by atoms with Crippen molar-refractivity contribution in [2.24, 2.45) is 0 Å².